The fraction of sp³-hybridized carbons (Fsp3) is 0.333. The Morgan fingerprint density at radius 1 is 1.30 bits per heavy atom. The molecule has 0 atom stereocenters. The summed E-state index contributed by atoms with van der Waals surface area (Å²) in [5.41, 5.74) is 2.14. The third-order valence-corrected chi connectivity index (χ3v) is 4.25. The number of nitrogens with zero attached hydrogens (tertiary/aromatic N) is 2. The molecule has 0 amide bonds. The van der Waals surface area contributed by atoms with E-state index in [-0.39, 0.29) is 0 Å². The van der Waals surface area contributed by atoms with Gasteiger partial charge in [0.15, 0.2) is 5.16 Å². The quantitative estimate of drug-likeness (QED) is 0.644. The number of hydrogen-bond donors (Lipinski definition) is 1. The van der Waals surface area contributed by atoms with Crippen molar-refractivity contribution in [1.82, 2.24) is 15.3 Å². The first-order valence-electron chi connectivity index (χ1n) is 6.66. The Morgan fingerprint density at radius 3 is 2.90 bits per heavy atom. The predicted octanol–water partition coefficient (Wildman–Crippen LogP) is 4.09. The maximum Gasteiger partial charge on any atom is 0.192 e. The Kier molecular flexibility index (Phi) is 5.83. The second-order valence-corrected chi connectivity index (χ2v) is 5.87. The van der Waals surface area contributed by atoms with Gasteiger partial charge in [0.1, 0.15) is 0 Å². The molecular formula is C15H18ClN3S. The standard InChI is InChI=1S/C15H18ClN3S/c1-3-8-17-10-12-5-4-6-13(16)14(12)20-15-18-9-7-11(2)19-15/h4-7,9,17H,3,8,10H2,1-2H3. The molecule has 2 aromatic rings. The van der Waals surface area contributed by atoms with Crippen LogP contribution < -0.4 is 5.32 Å². The minimum absolute atomic E-state index is 0.731. The van der Waals surface area contributed by atoms with E-state index in [2.05, 4.69) is 28.3 Å². The second-order valence-electron chi connectivity index (χ2n) is 4.49. The summed E-state index contributed by atoms with van der Waals surface area (Å²) in [5, 5.41) is 4.88. The lowest BCUT2D eigenvalue weighted by Crippen LogP contribution is -2.14. The molecule has 20 heavy (non-hydrogen) atoms. The smallest absolute Gasteiger partial charge is 0.192 e. The van der Waals surface area contributed by atoms with Crippen molar-refractivity contribution in [3.05, 3.63) is 46.7 Å². The van der Waals surface area contributed by atoms with Crippen molar-refractivity contribution < 1.29 is 0 Å². The van der Waals surface area contributed by atoms with Crippen molar-refractivity contribution in [1.29, 1.82) is 0 Å². The number of rotatable bonds is 6. The van der Waals surface area contributed by atoms with Gasteiger partial charge in [-0.15, -0.1) is 0 Å². The summed E-state index contributed by atoms with van der Waals surface area (Å²) in [4.78, 5) is 9.74. The van der Waals surface area contributed by atoms with E-state index in [1.165, 1.54) is 17.3 Å². The van der Waals surface area contributed by atoms with Gasteiger partial charge in [0, 0.05) is 23.3 Å². The Bertz CT molecular complexity index is 575. The zero-order valence-electron chi connectivity index (χ0n) is 11.7. The average molecular weight is 308 g/mol. The molecule has 0 aliphatic rings. The van der Waals surface area contributed by atoms with E-state index in [1.54, 1.807) is 6.20 Å². The normalized spacial score (nSPS) is 10.8. The van der Waals surface area contributed by atoms with E-state index >= 15 is 0 Å². The van der Waals surface area contributed by atoms with Crippen LogP contribution in [0.3, 0.4) is 0 Å². The summed E-state index contributed by atoms with van der Waals surface area (Å²) in [7, 11) is 0. The summed E-state index contributed by atoms with van der Waals surface area (Å²) in [6, 6.07) is 7.86. The number of benzene rings is 1. The van der Waals surface area contributed by atoms with Gasteiger partial charge < -0.3 is 5.32 Å². The van der Waals surface area contributed by atoms with Gasteiger partial charge in [0.2, 0.25) is 0 Å². The van der Waals surface area contributed by atoms with Gasteiger partial charge in [-0.25, -0.2) is 9.97 Å². The van der Waals surface area contributed by atoms with Crippen molar-refractivity contribution in [2.45, 2.75) is 36.9 Å². The van der Waals surface area contributed by atoms with Crippen LogP contribution in [-0.4, -0.2) is 16.5 Å². The van der Waals surface area contributed by atoms with Crippen LogP contribution in [0.5, 0.6) is 0 Å². The predicted molar refractivity (Wildman–Crippen MR) is 84.3 cm³/mol. The molecule has 0 bridgehead atoms. The molecule has 1 aromatic carbocycles. The molecule has 0 aliphatic carbocycles. The van der Waals surface area contributed by atoms with Crippen LogP contribution in [0.15, 0.2) is 40.5 Å². The first-order chi connectivity index (χ1) is 9.70. The van der Waals surface area contributed by atoms with E-state index in [4.69, 9.17) is 11.6 Å². The van der Waals surface area contributed by atoms with Crippen LogP contribution in [0.25, 0.3) is 0 Å². The van der Waals surface area contributed by atoms with Crippen molar-refractivity contribution in [3.8, 4) is 0 Å². The van der Waals surface area contributed by atoms with Crippen molar-refractivity contribution in [2.24, 2.45) is 0 Å². The van der Waals surface area contributed by atoms with Crippen LogP contribution in [0.2, 0.25) is 5.02 Å². The number of nitrogens with one attached hydrogen (secondary N) is 1. The van der Waals surface area contributed by atoms with Gasteiger partial charge in [-0.05, 0) is 49.3 Å². The highest BCUT2D eigenvalue weighted by Gasteiger charge is 2.10. The molecule has 1 N–H and O–H groups in total. The lowest BCUT2D eigenvalue weighted by Gasteiger charge is -2.11. The maximum absolute atomic E-state index is 6.33. The molecule has 5 heteroatoms. The van der Waals surface area contributed by atoms with Crippen molar-refractivity contribution in [3.63, 3.8) is 0 Å². The monoisotopic (exact) mass is 307 g/mol. The summed E-state index contributed by atoms with van der Waals surface area (Å²) in [6.45, 7) is 5.92. The van der Waals surface area contributed by atoms with Gasteiger partial charge in [-0.2, -0.15) is 0 Å². The molecule has 106 valence electrons. The molecule has 0 spiro atoms. The SMILES string of the molecule is CCCNCc1cccc(Cl)c1Sc1nccc(C)n1. The highest BCUT2D eigenvalue weighted by molar-refractivity contribution is 7.99. The highest BCUT2D eigenvalue weighted by Crippen LogP contribution is 2.34. The van der Waals surface area contributed by atoms with E-state index in [9.17, 15) is 0 Å². The van der Waals surface area contributed by atoms with E-state index in [0.717, 1.165) is 40.3 Å². The Balaban J connectivity index is 2.21. The molecular weight excluding hydrogens is 290 g/mol. The van der Waals surface area contributed by atoms with Gasteiger partial charge in [0.05, 0.1) is 5.02 Å². The van der Waals surface area contributed by atoms with Crippen LogP contribution in [0.1, 0.15) is 24.6 Å². The Labute approximate surface area is 129 Å². The molecule has 0 saturated heterocycles. The van der Waals surface area contributed by atoms with Crippen molar-refractivity contribution in [2.75, 3.05) is 6.54 Å². The van der Waals surface area contributed by atoms with Gasteiger partial charge in [0.25, 0.3) is 0 Å². The first-order valence-corrected chi connectivity index (χ1v) is 7.85. The number of aromatic nitrogens is 2. The van der Waals surface area contributed by atoms with E-state index < -0.39 is 0 Å². The molecule has 0 aliphatic heterocycles. The minimum atomic E-state index is 0.731. The highest BCUT2D eigenvalue weighted by atomic mass is 35.5. The molecule has 1 heterocycles. The lowest BCUT2D eigenvalue weighted by atomic mass is 10.2. The zero-order valence-corrected chi connectivity index (χ0v) is 13.3. The summed E-state index contributed by atoms with van der Waals surface area (Å²) < 4.78 is 0. The molecule has 0 unspecified atom stereocenters. The van der Waals surface area contributed by atoms with Crippen LogP contribution in [0, 0.1) is 6.92 Å². The lowest BCUT2D eigenvalue weighted by molar-refractivity contribution is 0.669. The third-order valence-electron chi connectivity index (χ3n) is 2.76. The van der Waals surface area contributed by atoms with Crippen LogP contribution >= 0.6 is 23.4 Å². The topological polar surface area (TPSA) is 37.8 Å². The Hall–Kier alpha value is -1.10. The second kappa shape index (κ2) is 7.62. The molecule has 0 radical (unpaired) electrons. The van der Waals surface area contributed by atoms with E-state index in [0.29, 0.717) is 0 Å². The molecule has 1 aromatic heterocycles. The summed E-state index contributed by atoms with van der Waals surface area (Å²) >= 11 is 7.85. The summed E-state index contributed by atoms with van der Waals surface area (Å²) in [5.74, 6) is 0. The van der Waals surface area contributed by atoms with Gasteiger partial charge in [-0.1, -0.05) is 30.7 Å². The number of hydrogen-bond acceptors (Lipinski definition) is 4. The van der Waals surface area contributed by atoms with Crippen molar-refractivity contribution >= 4 is 23.4 Å². The fourth-order valence-corrected chi connectivity index (χ4v) is 3.01. The minimum Gasteiger partial charge on any atom is -0.313 e. The fourth-order valence-electron chi connectivity index (χ4n) is 1.77. The summed E-state index contributed by atoms with van der Waals surface area (Å²) in [6.07, 6.45) is 2.89. The largest absolute Gasteiger partial charge is 0.313 e. The molecule has 3 nitrogen and oxygen atoms in total. The average Bonchev–Trinajstić information content (AvgIpc) is 2.43. The van der Waals surface area contributed by atoms with Gasteiger partial charge in [-0.3, -0.25) is 0 Å². The van der Waals surface area contributed by atoms with E-state index in [1.807, 2.05) is 25.1 Å². The maximum atomic E-state index is 6.33. The molecule has 0 fully saturated rings. The van der Waals surface area contributed by atoms with Crippen LogP contribution in [-0.2, 0) is 6.54 Å². The number of halogens is 1. The molecule has 0 saturated carbocycles. The first kappa shape index (κ1) is 15.3. The number of aryl methyl sites for hydroxylation is 1. The zero-order chi connectivity index (χ0) is 14.4. The third kappa shape index (κ3) is 4.20. The van der Waals surface area contributed by atoms with Crippen LogP contribution in [0.4, 0.5) is 0 Å². The van der Waals surface area contributed by atoms with Gasteiger partial charge >= 0.3 is 0 Å². The Morgan fingerprint density at radius 2 is 2.15 bits per heavy atom. The molecule has 2 rings (SSSR count).